The summed E-state index contributed by atoms with van der Waals surface area (Å²) in [6, 6.07) is 2.32. The Morgan fingerprint density at radius 1 is 1.38 bits per heavy atom. The summed E-state index contributed by atoms with van der Waals surface area (Å²) in [6.07, 6.45) is -4.51. The number of rotatable bonds is 5. The molecule has 1 fully saturated rings. The first-order valence-electron chi connectivity index (χ1n) is 7.75. The highest BCUT2D eigenvalue weighted by Crippen LogP contribution is 2.26. The number of piperazine rings is 1. The Hall–Kier alpha value is -1.91. The van der Waals surface area contributed by atoms with Crippen LogP contribution in [0.4, 0.5) is 18.9 Å². The van der Waals surface area contributed by atoms with Crippen molar-refractivity contribution in [3.8, 4) is 0 Å². The molecule has 1 unspecified atom stereocenters. The van der Waals surface area contributed by atoms with Gasteiger partial charge in [0.1, 0.15) is 11.6 Å². The number of amides is 1. The number of nitrogens with one attached hydrogen (secondary N) is 2. The van der Waals surface area contributed by atoms with Crippen LogP contribution in [0.25, 0.3) is 0 Å². The van der Waals surface area contributed by atoms with Crippen LogP contribution in [0.5, 0.6) is 0 Å². The molecule has 2 N–H and O–H groups in total. The molecule has 0 bridgehead atoms. The van der Waals surface area contributed by atoms with Gasteiger partial charge in [-0.25, -0.2) is 0 Å². The summed E-state index contributed by atoms with van der Waals surface area (Å²) < 4.78 is 39.9. The van der Waals surface area contributed by atoms with Crippen molar-refractivity contribution in [2.24, 2.45) is 0 Å². The molecule has 146 valence electrons. The first-order chi connectivity index (χ1) is 11.7. The van der Waals surface area contributed by atoms with Gasteiger partial charge in [-0.15, -0.1) is 12.4 Å². The molecule has 1 aliphatic heterocycles. The lowest BCUT2D eigenvalue weighted by Gasteiger charge is -2.35. The fraction of sp³-hybridized carbons (Fsp3) is 0.533. The lowest BCUT2D eigenvalue weighted by Crippen LogP contribution is -2.57. The quantitative estimate of drug-likeness (QED) is 0.586. The number of nitro benzene ring substituents is 1. The number of hydrogen-bond donors (Lipinski definition) is 2. The zero-order chi connectivity index (χ0) is 18.6. The molecule has 1 amide bonds. The number of hydrogen-bond acceptors (Lipinski definition) is 5. The summed E-state index contributed by atoms with van der Waals surface area (Å²) in [5.74, 6) is -0.889. The molecule has 1 aliphatic rings. The van der Waals surface area contributed by atoms with Crippen LogP contribution >= 0.6 is 12.4 Å². The van der Waals surface area contributed by atoms with E-state index in [1.165, 1.54) is 30.0 Å². The maximum absolute atomic E-state index is 13.3. The number of carbonyl (C=O) groups excluding carboxylic acids is 1. The number of carbonyl (C=O) groups is 1. The Balaban J connectivity index is 0.00000338. The van der Waals surface area contributed by atoms with Crippen LogP contribution in [0.15, 0.2) is 18.2 Å². The summed E-state index contributed by atoms with van der Waals surface area (Å²) >= 11 is 0. The molecule has 1 aromatic carbocycles. The second kappa shape index (κ2) is 9.15. The van der Waals surface area contributed by atoms with E-state index < -0.39 is 35.3 Å². The van der Waals surface area contributed by atoms with E-state index in [-0.39, 0.29) is 36.6 Å². The van der Waals surface area contributed by atoms with E-state index in [9.17, 15) is 28.1 Å². The number of halogens is 4. The van der Waals surface area contributed by atoms with Crippen molar-refractivity contribution < 1.29 is 22.9 Å². The van der Waals surface area contributed by atoms with Gasteiger partial charge in [0.25, 0.3) is 11.6 Å². The summed E-state index contributed by atoms with van der Waals surface area (Å²) in [4.78, 5) is 23.9. The van der Waals surface area contributed by atoms with Crippen molar-refractivity contribution in [1.82, 2.24) is 15.5 Å². The number of para-hydroxylation sites is 1. The zero-order valence-corrected chi connectivity index (χ0v) is 14.8. The van der Waals surface area contributed by atoms with Gasteiger partial charge in [-0.05, 0) is 13.0 Å². The molecule has 0 aromatic heterocycles. The minimum absolute atomic E-state index is 0. The number of aryl methyl sites for hydroxylation is 1. The maximum atomic E-state index is 13.3. The van der Waals surface area contributed by atoms with Crippen LogP contribution in [0.2, 0.25) is 0 Å². The van der Waals surface area contributed by atoms with Crippen molar-refractivity contribution in [3.05, 3.63) is 39.4 Å². The van der Waals surface area contributed by atoms with E-state index in [1.54, 1.807) is 0 Å². The molecule has 0 spiro atoms. The lowest BCUT2D eigenvalue weighted by molar-refractivity contribution is -0.385. The van der Waals surface area contributed by atoms with Crippen LogP contribution in [0.1, 0.15) is 15.9 Å². The second-order valence-electron chi connectivity index (χ2n) is 5.78. The fourth-order valence-corrected chi connectivity index (χ4v) is 2.81. The van der Waals surface area contributed by atoms with Gasteiger partial charge in [0, 0.05) is 38.3 Å². The van der Waals surface area contributed by atoms with Gasteiger partial charge in [0.15, 0.2) is 0 Å². The molecule has 1 aromatic rings. The molecule has 26 heavy (non-hydrogen) atoms. The topological polar surface area (TPSA) is 87.5 Å². The van der Waals surface area contributed by atoms with Crippen molar-refractivity contribution in [2.75, 3.05) is 32.7 Å². The van der Waals surface area contributed by atoms with Crippen molar-refractivity contribution >= 4 is 24.0 Å². The molecule has 1 saturated heterocycles. The van der Waals surface area contributed by atoms with Crippen LogP contribution < -0.4 is 10.6 Å². The van der Waals surface area contributed by atoms with E-state index in [2.05, 4.69) is 10.6 Å². The molecule has 11 heteroatoms. The third-order valence-corrected chi connectivity index (χ3v) is 4.09. The average molecular weight is 397 g/mol. The van der Waals surface area contributed by atoms with Crippen molar-refractivity contribution in [3.63, 3.8) is 0 Å². The van der Waals surface area contributed by atoms with Gasteiger partial charge < -0.3 is 10.6 Å². The smallest absolute Gasteiger partial charge is 0.350 e. The van der Waals surface area contributed by atoms with Gasteiger partial charge in [0.2, 0.25) is 0 Å². The van der Waals surface area contributed by atoms with Crippen LogP contribution in [-0.4, -0.2) is 60.7 Å². The molecule has 1 heterocycles. The Bertz CT molecular complexity index is 652. The summed E-state index contributed by atoms with van der Waals surface area (Å²) in [7, 11) is 0. The van der Waals surface area contributed by atoms with Gasteiger partial charge in [0.05, 0.1) is 4.92 Å². The van der Waals surface area contributed by atoms with Crippen LogP contribution in [0.3, 0.4) is 0 Å². The largest absolute Gasteiger partial charge is 0.405 e. The van der Waals surface area contributed by atoms with E-state index >= 15 is 0 Å². The molecule has 2 rings (SSSR count). The fourth-order valence-electron chi connectivity index (χ4n) is 2.81. The highest BCUT2D eigenvalue weighted by Gasteiger charge is 2.44. The molecule has 0 aliphatic carbocycles. The summed E-state index contributed by atoms with van der Waals surface area (Å²) in [6.45, 7) is 2.10. The molecular weight excluding hydrogens is 377 g/mol. The summed E-state index contributed by atoms with van der Waals surface area (Å²) in [5, 5.41) is 16.3. The van der Waals surface area contributed by atoms with Gasteiger partial charge >= 0.3 is 6.18 Å². The number of nitro groups is 1. The lowest BCUT2D eigenvalue weighted by atomic mass is 10.1. The Morgan fingerprint density at radius 2 is 2.00 bits per heavy atom. The minimum Gasteiger partial charge on any atom is -0.350 e. The monoisotopic (exact) mass is 396 g/mol. The molecule has 0 radical (unpaired) electrons. The standard InChI is InChI=1S/C15H19F3N4O3.ClH/c1-10-3-2-4-11(13(10)22(24)25)14(23)20-9-12(15(16,17)18)21-7-5-19-6-8-21;/h2-4,12,19H,5-9H2,1H3,(H,20,23);1H. The number of nitrogens with zero attached hydrogens (tertiary/aromatic N) is 2. The third-order valence-electron chi connectivity index (χ3n) is 4.09. The van der Waals surface area contributed by atoms with E-state index in [1.807, 2.05) is 0 Å². The van der Waals surface area contributed by atoms with E-state index in [4.69, 9.17) is 0 Å². The molecule has 1 atom stereocenters. The average Bonchev–Trinajstić information content (AvgIpc) is 2.54. The summed E-state index contributed by atoms with van der Waals surface area (Å²) in [5.41, 5.74) is -0.371. The predicted molar refractivity (Wildman–Crippen MR) is 91.7 cm³/mol. The molecule has 7 nitrogen and oxygen atoms in total. The van der Waals surface area contributed by atoms with E-state index in [0.29, 0.717) is 13.1 Å². The SMILES string of the molecule is Cc1cccc(C(=O)NCC(N2CCNCC2)C(F)(F)F)c1[N+](=O)[O-].Cl. The second-order valence-corrected chi connectivity index (χ2v) is 5.78. The minimum atomic E-state index is -4.51. The van der Waals surface area contributed by atoms with Gasteiger partial charge in [-0.2, -0.15) is 13.2 Å². The van der Waals surface area contributed by atoms with Crippen molar-refractivity contribution in [1.29, 1.82) is 0 Å². The zero-order valence-electron chi connectivity index (χ0n) is 14.0. The number of benzene rings is 1. The Kier molecular flexibility index (Phi) is 7.79. The molecule has 0 saturated carbocycles. The third kappa shape index (κ3) is 5.29. The van der Waals surface area contributed by atoms with Crippen LogP contribution in [0, 0.1) is 17.0 Å². The van der Waals surface area contributed by atoms with E-state index in [0.717, 1.165) is 0 Å². The number of alkyl halides is 3. The Labute approximate surface area is 154 Å². The van der Waals surface area contributed by atoms with Crippen molar-refractivity contribution in [2.45, 2.75) is 19.1 Å². The maximum Gasteiger partial charge on any atom is 0.405 e. The first kappa shape index (κ1) is 22.1. The predicted octanol–water partition coefficient (Wildman–Crippen LogP) is 1.89. The van der Waals surface area contributed by atoms with Gasteiger partial charge in [-0.1, -0.05) is 12.1 Å². The highest BCUT2D eigenvalue weighted by molar-refractivity contribution is 5.98. The van der Waals surface area contributed by atoms with Gasteiger partial charge in [-0.3, -0.25) is 19.8 Å². The Morgan fingerprint density at radius 3 is 2.54 bits per heavy atom. The highest BCUT2D eigenvalue weighted by atomic mass is 35.5. The molecular formula is C15H20ClF3N4O3. The normalized spacial score (nSPS) is 16.5. The first-order valence-corrected chi connectivity index (χ1v) is 7.75. The van der Waals surface area contributed by atoms with Crippen LogP contribution in [-0.2, 0) is 0 Å².